The van der Waals surface area contributed by atoms with Gasteiger partial charge in [-0.15, -0.1) is 0 Å². The molecule has 1 nitrogen and oxygen atoms in total. The molecule has 0 heterocycles. The number of aryl methyl sites for hydroxylation is 1. The zero-order chi connectivity index (χ0) is 14.7. The van der Waals surface area contributed by atoms with E-state index < -0.39 is 0 Å². The average Bonchev–Trinajstić information content (AvgIpc) is 2.42. The number of halogens is 3. The summed E-state index contributed by atoms with van der Waals surface area (Å²) in [5, 5.41) is 3.99. The molecule has 0 aliphatic carbocycles. The van der Waals surface area contributed by atoms with Crippen molar-refractivity contribution in [3.8, 4) is 0 Å². The summed E-state index contributed by atoms with van der Waals surface area (Å²) in [6.45, 7) is 1.92. The Hall–Kier alpha value is -0.900. The molecule has 106 valence electrons. The van der Waals surface area contributed by atoms with Gasteiger partial charge in [0.15, 0.2) is 0 Å². The van der Waals surface area contributed by atoms with Crippen LogP contribution in [0.5, 0.6) is 0 Å². The van der Waals surface area contributed by atoms with Gasteiger partial charge in [0.2, 0.25) is 0 Å². The van der Waals surface area contributed by atoms with Crippen LogP contribution in [0, 0.1) is 12.7 Å². The predicted octanol–water partition coefficient (Wildman–Crippen LogP) is 5.05. The Morgan fingerprint density at radius 3 is 2.70 bits per heavy atom. The summed E-state index contributed by atoms with van der Waals surface area (Å²) < 4.78 is 14.0. The fourth-order valence-corrected chi connectivity index (χ4v) is 2.90. The standard InChI is InChI=1S/C16H16BrClFN/c1-10-8-12(19)7-6-11(10)9-15(20-2)13-4-3-5-14(17)16(13)18/h3-8,15,20H,9H2,1-2H3. The van der Waals surface area contributed by atoms with Gasteiger partial charge in [-0.25, -0.2) is 4.39 Å². The van der Waals surface area contributed by atoms with E-state index in [1.165, 1.54) is 6.07 Å². The Morgan fingerprint density at radius 1 is 1.30 bits per heavy atom. The minimum Gasteiger partial charge on any atom is -0.313 e. The molecule has 4 heteroatoms. The minimum absolute atomic E-state index is 0.0872. The fourth-order valence-electron chi connectivity index (χ4n) is 2.27. The lowest BCUT2D eigenvalue weighted by Crippen LogP contribution is -2.19. The molecule has 1 N–H and O–H groups in total. The van der Waals surface area contributed by atoms with Crippen molar-refractivity contribution in [2.24, 2.45) is 0 Å². The van der Waals surface area contributed by atoms with E-state index in [0.29, 0.717) is 5.02 Å². The maximum Gasteiger partial charge on any atom is 0.123 e. The molecule has 0 bridgehead atoms. The predicted molar refractivity (Wildman–Crippen MR) is 85.8 cm³/mol. The van der Waals surface area contributed by atoms with Crippen LogP contribution in [0.1, 0.15) is 22.7 Å². The van der Waals surface area contributed by atoms with Crippen molar-refractivity contribution in [3.63, 3.8) is 0 Å². The first-order chi connectivity index (χ1) is 9.52. The number of hydrogen-bond acceptors (Lipinski definition) is 1. The first kappa shape index (κ1) is 15.5. The summed E-state index contributed by atoms with van der Waals surface area (Å²) in [6, 6.07) is 10.9. The van der Waals surface area contributed by atoms with Gasteiger partial charge in [0.05, 0.1) is 5.02 Å². The number of nitrogens with one attached hydrogen (secondary N) is 1. The maximum absolute atomic E-state index is 13.2. The monoisotopic (exact) mass is 355 g/mol. The highest BCUT2D eigenvalue weighted by atomic mass is 79.9. The highest BCUT2D eigenvalue weighted by molar-refractivity contribution is 9.10. The largest absolute Gasteiger partial charge is 0.313 e. The van der Waals surface area contributed by atoms with Gasteiger partial charge in [0.1, 0.15) is 5.82 Å². The lowest BCUT2D eigenvalue weighted by atomic mass is 9.96. The second kappa shape index (κ2) is 6.70. The quantitative estimate of drug-likeness (QED) is 0.808. The van der Waals surface area contributed by atoms with Gasteiger partial charge in [-0.05, 0) is 71.2 Å². The highest BCUT2D eigenvalue weighted by Gasteiger charge is 2.16. The second-order valence-corrected chi connectivity index (χ2v) is 5.99. The first-order valence-corrected chi connectivity index (χ1v) is 7.56. The summed E-state index contributed by atoms with van der Waals surface area (Å²) >= 11 is 9.79. The van der Waals surface area contributed by atoms with E-state index in [0.717, 1.165) is 27.6 Å². The number of hydrogen-bond donors (Lipinski definition) is 1. The van der Waals surface area contributed by atoms with Crippen molar-refractivity contribution < 1.29 is 4.39 Å². The lowest BCUT2D eigenvalue weighted by molar-refractivity contribution is 0.587. The molecule has 0 aliphatic heterocycles. The van der Waals surface area contributed by atoms with Crippen molar-refractivity contribution >= 4 is 27.5 Å². The van der Waals surface area contributed by atoms with Gasteiger partial charge in [0.25, 0.3) is 0 Å². The van der Waals surface area contributed by atoms with Crippen LogP contribution in [0.2, 0.25) is 5.02 Å². The van der Waals surface area contributed by atoms with Crippen molar-refractivity contribution in [3.05, 3.63) is 68.4 Å². The maximum atomic E-state index is 13.2. The number of likely N-dealkylation sites (N-methyl/N-ethyl adjacent to an activating group) is 1. The summed E-state index contributed by atoms with van der Waals surface area (Å²) in [5.74, 6) is -0.201. The van der Waals surface area contributed by atoms with Gasteiger partial charge >= 0.3 is 0 Å². The van der Waals surface area contributed by atoms with E-state index in [2.05, 4.69) is 21.2 Å². The average molecular weight is 357 g/mol. The van der Waals surface area contributed by atoms with Crippen LogP contribution in [0.25, 0.3) is 0 Å². The van der Waals surface area contributed by atoms with E-state index in [-0.39, 0.29) is 11.9 Å². The van der Waals surface area contributed by atoms with Crippen molar-refractivity contribution in [2.45, 2.75) is 19.4 Å². The lowest BCUT2D eigenvalue weighted by Gasteiger charge is -2.20. The smallest absolute Gasteiger partial charge is 0.123 e. The third-order valence-corrected chi connectivity index (χ3v) is 4.74. The second-order valence-electron chi connectivity index (χ2n) is 4.76. The zero-order valence-corrected chi connectivity index (χ0v) is 13.7. The van der Waals surface area contributed by atoms with Crippen LogP contribution in [-0.4, -0.2) is 7.05 Å². The van der Waals surface area contributed by atoms with E-state index >= 15 is 0 Å². The van der Waals surface area contributed by atoms with Crippen molar-refractivity contribution in [1.82, 2.24) is 5.32 Å². The molecule has 0 fully saturated rings. The number of benzene rings is 2. The molecule has 2 rings (SSSR count). The molecule has 0 aliphatic rings. The normalized spacial score (nSPS) is 12.4. The van der Waals surface area contributed by atoms with Crippen LogP contribution in [0.4, 0.5) is 4.39 Å². The molecule has 0 spiro atoms. The minimum atomic E-state index is -0.201. The van der Waals surface area contributed by atoms with E-state index in [4.69, 9.17) is 11.6 Å². The molecule has 0 aromatic heterocycles. The van der Waals surface area contributed by atoms with E-state index in [1.54, 1.807) is 6.07 Å². The van der Waals surface area contributed by atoms with Gasteiger partial charge in [-0.1, -0.05) is 29.8 Å². The summed E-state index contributed by atoms with van der Waals surface area (Å²) in [6.07, 6.45) is 0.763. The molecule has 2 aromatic carbocycles. The van der Waals surface area contributed by atoms with Crippen LogP contribution in [-0.2, 0) is 6.42 Å². The van der Waals surface area contributed by atoms with Gasteiger partial charge in [0, 0.05) is 10.5 Å². The van der Waals surface area contributed by atoms with E-state index in [1.807, 2.05) is 38.2 Å². The Morgan fingerprint density at radius 2 is 2.05 bits per heavy atom. The fraction of sp³-hybridized carbons (Fsp3) is 0.250. The topological polar surface area (TPSA) is 12.0 Å². The molecular weight excluding hydrogens is 341 g/mol. The van der Waals surface area contributed by atoms with Crippen LogP contribution >= 0.6 is 27.5 Å². The zero-order valence-electron chi connectivity index (χ0n) is 11.4. The Balaban J connectivity index is 2.31. The molecule has 0 radical (unpaired) electrons. The summed E-state index contributed by atoms with van der Waals surface area (Å²) in [7, 11) is 1.90. The summed E-state index contributed by atoms with van der Waals surface area (Å²) in [4.78, 5) is 0. The van der Waals surface area contributed by atoms with Crippen molar-refractivity contribution in [2.75, 3.05) is 7.05 Å². The Labute approximate surface area is 132 Å². The van der Waals surface area contributed by atoms with Gasteiger partial charge < -0.3 is 5.32 Å². The van der Waals surface area contributed by atoms with E-state index in [9.17, 15) is 4.39 Å². The molecule has 20 heavy (non-hydrogen) atoms. The number of rotatable bonds is 4. The first-order valence-electron chi connectivity index (χ1n) is 6.39. The molecular formula is C16H16BrClFN. The molecule has 1 atom stereocenters. The molecule has 0 amide bonds. The highest BCUT2D eigenvalue weighted by Crippen LogP contribution is 2.32. The molecule has 2 aromatic rings. The molecule has 1 unspecified atom stereocenters. The van der Waals surface area contributed by atoms with Gasteiger partial charge in [-0.3, -0.25) is 0 Å². The Bertz CT molecular complexity index is 615. The van der Waals surface area contributed by atoms with Gasteiger partial charge in [-0.2, -0.15) is 0 Å². The van der Waals surface area contributed by atoms with Crippen LogP contribution < -0.4 is 5.32 Å². The molecule has 0 saturated carbocycles. The van der Waals surface area contributed by atoms with Crippen LogP contribution in [0.3, 0.4) is 0 Å². The summed E-state index contributed by atoms with van der Waals surface area (Å²) in [5.41, 5.74) is 3.10. The third kappa shape index (κ3) is 3.40. The van der Waals surface area contributed by atoms with Crippen LogP contribution in [0.15, 0.2) is 40.9 Å². The van der Waals surface area contributed by atoms with Crippen molar-refractivity contribution in [1.29, 1.82) is 0 Å². The Kier molecular flexibility index (Phi) is 5.19. The molecule has 0 saturated heterocycles. The SMILES string of the molecule is CNC(Cc1ccc(F)cc1C)c1cccc(Br)c1Cl. The third-order valence-electron chi connectivity index (χ3n) is 3.43.